The van der Waals surface area contributed by atoms with Crippen molar-refractivity contribution in [2.24, 2.45) is 10.2 Å². The quantitative estimate of drug-likeness (QED) is 0.484. The third-order valence-corrected chi connectivity index (χ3v) is 5.58. The van der Waals surface area contributed by atoms with Crippen molar-refractivity contribution < 1.29 is 14.0 Å². The highest BCUT2D eigenvalue weighted by atomic mass is 19.1. The van der Waals surface area contributed by atoms with Crippen LogP contribution in [-0.2, 0) is 4.79 Å². The molecule has 1 aliphatic heterocycles. The summed E-state index contributed by atoms with van der Waals surface area (Å²) in [5, 5.41) is 14.3. The number of carbonyl (C=O) groups excluding carboxylic acids is 2. The fraction of sp³-hybridized carbons (Fsp3) is 0.231. The topological polar surface area (TPSA) is 86.2 Å². The molecule has 174 valence electrons. The van der Waals surface area contributed by atoms with Crippen LogP contribution in [0.1, 0.15) is 23.2 Å². The molecule has 2 N–H and O–H groups in total. The molecule has 0 aliphatic carbocycles. The number of piperidine rings is 1. The van der Waals surface area contributed by atoms with Gasteiger partial charge in [-0.05, 0) is 73.5 Å². The lowest BCUT2D eigenvalue weighted by atomic mass is 10.0. The largest absolute Gasteiger partial charge is 0.349 e. The van der Waals surface area contributed by atoms with Gasteiger partial charge >= 0.3 is 0 Å². The smallest absolute Gasteiger partial charge is 0.251 e. The van der Waals surface area contributed by atoms with Gasteiger partial charge in [-0.3, -0.25) is 14.5 Å². The van der Waals surface area contributed by atoms with E-state index in [1.807, 2.05) is 30.3 Å². The highest BCUT2D eigenvalue weighted by Gasteiger charge is 2.22. The lowest BCUT2D eigenvalue weighted by molar-refractivity contribution is -0.117. The Morgan fingerprint density at radius 1 is 0.853 bits per heavy atom. The third-order valence-electron chi connectivity index (χ3n) is 5.58. The SMILES string of the molecule is O=C(CN1CCC(NC(=O)c2ccc(F)cc2)CC1)Nc1ccc(N=Nc2ccccc2)cc1. The van der Waals surface area contributed by atoms with E-state index in [1.54, 1.807) is 24.3 Å². The number of nitrogens with zero attached hydrogens (tertiary/aromatic N) is 3. The van der Waals surface area contributed by atoms with E-state index in [0.717, 1.165) is 18.5 Å². The summed E-state index contributed by atoms with van der Waals surface area (Å²) in [6.07, 6.45) is 1.50. The molecular weight excluding hydrogens is 433 g/mol. The van der Waals surface area contributed by atoms with Crippen LogP contribution in [0.4, 0.5) is 21.5 Å². The van der Waals surface area contributed by atoms with Crippen molar-refractivity contribution in [3.8, 4) is 0 Å². The van der Waals surface area contributed by atoms with Crippen LogP contribution in [0.5, 0.6) is 0 Å². The summed E-state index contributed by atoms with van der Waals surface area (Å²) < 4.78 is 13.0. The van der Waals surface area contributed by atoms with Gasteiger partial charge in [0.15, 0.2) is 0 Å². The summed E-state index contributed by atoms with van der Waals surface area (Å²) in [6, 6.07) is 22.2. The maximum atomic E-state index is 13.0. The number of rotatable bonds is 7. The Hall–Kier alpha value is -3.91. The predicted molar refractivity (Wildman–Crippen MR) is 129 cm³/mol. The fourth-order valence-electron chi connectivity index (χ4n) is 3.73. The van der Waals surface area contributed by atoms with Gasteiger partial charge in [-0.2, -0.15) is 10.2 Å². The van der Waals surface area contributed by atoms with Gasteiger partial charge in [0.2, 0.25) is 5.91 Å². The molecule has 0 radical (unpaired) electrons. The van der Waals surface area contributed by atoms with Crippen molar-refractivity contribution in [3.05, 3.63) is 90.2 Å². The number of hydrogen-bond donors (Lipinski definition) is 2. The van der Waals surface area contributed by atoms with Gasteiger partial charge < -0.3 is 10.6 Å². The number of likely N-dealkylation sites (tertiary alicyclic amines) is 1. The molecule has 34 heavy (non-hydrogen) atoms. The second kappa shape index (κ2) is 11.3. The molecule has 1 aliphatic rings. The molecule has 8 heteroatoms. The van der Waals surface area contributed by atoms with Crippen LogP contribution in [-0.4, -0.2) is 42.4 Å². The summed E-state index contributed by atoms with van der Waals surface area (Å²) in [6.45, 7) is 1.70. The van der Waals surface area contributed by atoms with Crippen LogP contribution >= 0.6 is 0 Å². The minimum atomic E-state index is -0.368. The molecule has 0 spiro atoms. The van der Waals surface area contributed by atoms with Gasteiger partial charge in [0, 0.05) is 30.4 Å². The van der Waals surface area contributed by atoms with Crippen LogP contribution in [0, 0.1) is 5.82 Å². The first-order chi connectivity index (χ1) is 16.5. The van der Waals surface area contributed by atoms with Crippen molar-refractivity contribution in [3.63, 3.8) is 0 Å². The Labute approximate surface area is 197 Å². The molecule has 3 aromatic carbocycles. The van der Waals surface area contributed by atoms with Crippen LogP contribution < -0.4 is 10.6 Å². The van der Waals surface area contributed by atoms with Gasteiger partial charge in [-0.1, -0.05) is 18.2 Å². The predicted octanol–water partition coefficient (Wildman–Crippen LogP) is 5.07. The third kappa shape index (κ3) is 6.79. The highest BCUT2D eigenvalue weighted by Crippen LogP contribution is 2.20. The van der Waals surface area contributed by atoms with E-state index < -0.39 is 0 Å². The molecule has 3 aromatic rings. The molecule has 0 aromatic heterocycles. The number of azo groups is 1. The summed E-state index contributed by atoms with van der Waals surface area (Å²) in [7, 11) is 0. The number of benzene rings is 3. The lowest BCUT2D eigenvalue weighted by Crippen LogP contribution is -2.46. The molecule has 1 saturated heterocycles. The maximum absolute atomic E-state index is 13.0. The number of anilines is 1. The molecule has 0 bridgehead atoms. The van der Waals surface area contributed by atoms with Gasteiger partial charge in [0.1, 0.15) is 5.82 Å². The Morgan fingerprint density at radius 3 is 2.12 bits per heavy atom. The average Bonchev–Trinajstić information content (AvgIpc) is 2.86. The fourth-order valence-corrected chi connectivity index (χ4v) is 3.73. The molecule has 1 fully saturated rings. The van der Waals surface area contributed by atoms with E-state index in [-0.39, 0.29) is 30.2 Å². The summed E-state index contributed by atoms with van der Waals surface area (Å²) in [4.78, 5) is 26.8. The maximum Gasteiger partial charge on any atom is 0.251 e. The van der Waals surface area contributed by atoms with E-state index in [4.69, 9.17) is 0 Å². The first-order valence-corrected chi connectivity index (χ1v) is 11.2. The summed E-state index contributed by atoms with van der Waals surface area (Å²) in [5.74, 6) is -0.664. The molecule has 2 amide bonds. The zero-order valence-electron chi connectivity index (χ0n) is 18.7. The van der Waals surface area contributed by atoms with Gasteiger partial charge in [-0.15, -0.1) is 0 Å². The normalized spacial score (nSPS) is 14.7. The second-order valence-corrected chi connectivity index (χ2v) is 8.16. The number of hydrogen-bond acceptors (Lipinski definition) is 5. The van der Waals surface area contributed by atoms with Crippen molar-refractivity contribution in [1.82, 2.24) is 10.2 Å². The Morgan fingerprint density at radius 2 is 1.47 bits per heavy atom. The number of nitrogens with one attached hydrogen (secondary N) is 2. The molecule has 0 atom stereocenters. The first kappa shape index (κ1) is 23.3. The van der Waals surface area contributed by atoms with Crippen molar-refractivity contribution in [1.29, 1.82) is 0 Å². The van der Waals surface area contributed by atoms with Crippen LogP contribution in [0.15, 0.2) is 89.1 Å². The van der Waals surface area contributed by atoms with Crippen molar-refractivity contribution in [2.45, 2.75) is 18.9 Å². The number of amides is 2. The molecular formula is C26H26FN5O2. The molecule has 4 rings (SSSR count). The van der Waals surface area contributed by atoms with Crippen molar-refractivity contribution >= 4 is 28.9 Å². The van der Waals surface area contributed by atoms with Crippen LogP contribution in [0.2, 0.25) is 0 Å². The lowest BCUT2D eigenvalue weighted by Gasteiger charge is -2.31. The van der Waals surface area contributed by atoms with E-state index in [2.05, 4.69) is 25.8 Å². The average molecular weight is 460 g/mol. The Kier molecular flexibility index (Phi) is 7.72. The van der Waals surface area contributed by atoms with Gasteiger partial charge in [0.25, 0.3) is 5.91 Å². The summed E-state index contributed by atoms with van der Waals surface area (Å²) in [5.41, 5.74) is 2.62. The van der Waals surface area contributed by atoms with Crippen LogP contribution in [0.25, 0.3) is 0 Å². The van der Waals surface area contributed by atoms with Gasteiger partial charge in [0.05, 0.1) is 17.9 Å². The van der Waals surface area contributed by atoms with E-state index in [0.29, 0.717) is 30.0 Å². The van der Waals surface area contributed by atoms with E-state index >= 15 is 0 Å². The van der Waals surface area contributed by atoms with Crippen molar-refractivity contribution in [2.75, 3.05) is 25.0 Å². The summed E-state index contributed by atoms with van der Waals surface area (Å²) >= 11 is 0. The van der Waals surface area contributed by atoms with Crippen LogP contribution in [0.3, 0.4) is 0 Å². The zero-order chi connectivity index (χ0) is 23.8. The highest BCUT2D eigenvalue weighted by molar-refractivity contribution is 5.94. The molecule has 0 unspecified atom stereocenters. The second-order valence-electron chi connectivity index (χ2n) is 8.16. The van der Waals surface area contributed by atoms with Gasteiger partial charge in [-0.25, -0.2) is 4.39 Å². The Balaban J connectivity index is 1.19. The minimum absolute atomic E-state index is 0.0365. The molecule has 7 nitrogen and oxygen atoms in total. The monoisotopic (exact) mass is 459 g/mol. The Bertz CT molecular complexity index is 1130. The molecule has 1 heterocycles. The number of halogens is 1. The standard InChI is InChI=1S/C26H26FN5O2/c27-20-8-6-19(7-9-20)26(34)29-22-14-16-32(17-15-22)18-25(33)28-21-10-12-24(13-11-21)31-30-23-4-2-1-3-5-23/h1-13,22H,14-18H2,(H,28,33)(H,29,34). The number of carbonyl (C=O) groups is 2. The van der Waals surface area contributed by atoms with E-state index in [9.17, 15) is 14.0 Å². The molecule has 0 saturated carbocycles. The minimum Gasteiger partial charge on any atom is -0.349 e. The zero-order valence-corrected chi connectivity index (χ0v) is 18.7. The van der Waals surface area contributed by atoms with E-state index in [1.165, 1.54) is 24.3 Å². The first-order valence-electron chi connectivity index (χ1n) is 11.2.